The highest BCUT2D eigenvalue weighted by Gasteiger charge is 2.23. The smallest absolute Gasteiger partial charge is 0.270 e. The summed E-state index contributed by atoms with van der Waals surface area (Å²) in [6.07, 6.45) is 0. The van der Waals surface area contributed by atoms with Gasteiger partial charge in [0, 0.05) is 34.0 Å². The molecule has 7 nitrogen and oxygen atoms in total. The standard InChI is InChI=1S/C31H23N3O4S/c35-30(24-12-6-14-27(19-24)34(37)38)32-25-13-7-15-28(20-25)39-29(22-9-2-1-3-10-22)31(36)33-26-17-16-21-8-4-5-11-23(21)18-26/h1-20,29H,(H,32,35)(H,33,36). The van der Waals surface area contributed by atoms with Gasteiger partial charge >= 0.3 is 0 Å². The van der Waals surface area contributed by atoms with E-state index >= 15 is 0 Å². The van der Waals surface area contributed by atoms with Gasteiger partial charge in [0.15, 0.2) is 0 Å². The van der Waals surface area contributed by atoms with E-state index in [1.165, 1.54) is 36.0 Å². The predicted molar refractivity (Wildman–Crippen MR) is 155 cm³/mol. The minimum Gasteiger partial charge on any atom is -0.325 e. The summed E-state index contributed by atoms with van der Waals surface area (Å²) in [7, 11) is 0. The molecule has 5 rings (SSSR count). The molecule has 0 fully saturated rings. The molecule has 0 aliphatic heterocycles. The number of amides is 2. The highest BCUT2D eigenvalue weighted by Crippen LogP contribution is 2.37. The zero-order chi connectivity index (χ0) is 27.2. The average Bonchev–Trinajstić information content (AvgIpc) is 2.96. The molecule has 0 spiro atoms. The molecule has 192 valence electrons. The van der Waals surface area contributed by atoms with E-state index in [1.54, 1.807) is 18.2 Å². The van der Waals surface area contributed by atoms with Gasteiger partial charge < -0.3 is 10.6 Å². The Hall–Kier alpha value is -4.95. The second-order valence-electron chi connectivity index (χ2n) is 8.75. The topological polar surface area (TPSA) is 101 Å². The lowest BCUT2D eigenvalue weighted by molar-refractivity contribution is -0.384. The minimum atomic E-state index is -0.555. The van der Waals surface area contributed by atoms with Gasteiger partial charge in [-0.05, 0) is 52.7 Å². The van der Waals surface area contributed by atoms with Crippen LogP contribution in [-0.2, 0) is 4.79 Å². The number of anilines is 2. The third-order valence-corrected chi connectivity index (χ3v) is 7.27. The SMILES string of the molecule is O=C(Nc1cccc(SC(C(=O)Nc2ccc3ccccc3c2)c2ccccc2)c1)c1cccc([N+](=O)[O-])c1. The van der Waals surface area contributed by atoms with E-state index in [1.807, 2.05) is 78.9 Å². The van der Waals surface area contributed by atoms with E-state index in [-0.39, 0.29) is 17.2 Å². The van der Waals surface area contributed by atoms with Crippen molar-refractivity contribution in [2.45, 2.75) is 10.1 Å². The first-order valence-electron chi connectivity index (χ1n) is 12.1. The van der Waals surface area contributed by atoms with Crippen LogP contribution in [0.5, 0.6) is 0 Å². The number of nitro benzene ring substituents is 1. The second kappa shape index (κ2) is 11.6. The molecule has 0 bridgehead atoms. The lowest BCUT2D eigenvalue weighted by atomic mass is 10.1. The Kier molecular flexibility index (Phi) is 7.65. The lowest BCUT2D eigenvalue weighted by Crippen LogP contribution is -2.19. The summed E-state index contributed by atoms with van der Waals surface area (Å²) < 4.78 is 0. The Morgan fingerprint density at radius 2 is 1.41 bits per heavy atom. The van der Waals surface area contributed by atoms with E-state index in [4.69, 9.17) is 0 Å². The summed E-state index contributed by atoms with van der Waals surface area (Å²) in [5, 5.41) is 18.5. The summed E-state index contributed by atoms with van der Waals surface area (Å²) in [6, 6.07) is 36.0. The van der Waals surface area contributed by atoms with E-state index in [0.29, 0.717) is 11.4 Å². The highest BCUT2D eigenvalue weighted by molar-refractivity contribution is 8.00. The maximum atomic E-state index is 13.5. The zero-order valence-corrected chi connectivity index (χ0v) is 21.4. The first kappa shape index (κ1) is 25.7. The Bertz CT molecular complexity index is 1670. The number of hydrogen-bond donors (Lipinski definition) is 2. The molecule has 5 aromatic rings. The summed E-state index contributed by atoms with van der Waals surface area (Å²) in [5.74, 6) is -0.637. The number of carbonyl (C=O) groups excluding carboxylic acids is 2. The number of nitrogens with one attached hydrogen (secondary N) is 2. The third kappa shape index (κ3) is 6.31. The quantitative estimate of drug-likeness (QED) is 0.122. The molecule has 0 aliphatic carbocycles. The summed E-state index contributed by atoms with van der Waals surface area (Å²) in [6.45, 7) is 0. The van der Waals surface area contributed by atoms with Gasteiger partial charge in [0.05, 0.1) is 4.92 Å². The van der Waals surface area contributed by atoms with E-state index in [2.05, 4.69) is 10.6 Å². The number of hydrogen-bond acceptors (Lipinski definition) is 5. The monoisotopic (exact) mass is 533 g/mol. The first-order chi connectivity index (χ1) is 19.0. The van der Waals surface area contributed by atoms with Crippen molar-refractivity contribution in [3.05, 3.63) is 143 Å². The van der Waals surface area contributed by atoms with Crippen LogP contribution in [0.1, 0.15) is 21.2 Å². The molecule has 0 radical (unpaired) electrons. The molecule has 0 aliphatic rings. The molecule has 0 saturated carbocycles. The van der Waals surface area contributed by atoms with Crippen molar-refractivity contribution < 1.29 is 14.5 Å². The number of rotatable bonds is 8. The molecule has 2 amide bonds. The number of fused-ring (bicyclic) bond motifs is 1. The van der Waals surface area contributed by atoms with Crippen LogP contribution in [-0.4, -0.2) is 16.7 Å². The minimum absolute atomic E-state index is 0.157. The number of carbonyl (C=O) groups is 2. The molecule has 0 saturated heterocycles. The molecule has 39 heavy (non-hydrogen) atoms. The van der Waals surface area contributed by atoms with Gasteiger partial charge in [0.1, 0.15) is 5.25 Å². The third-order valence-electron chi connectivity index (χ3n) is 6.02. The number of nitro groups is 1. The van der Waals surface area contributed by atoms with Crippen molar-refractivity contribution >= 4 is 51.4 Å². The fourth-order valence-corrected chi connectivity index (χ4v) is 5.21. The largest absolute Gasteiger partial charge is 0.325 e. The fourth-order valence-electron chi connectivity index (χ4n) is 4.12. The van der Waals surface area contributed by atoms with Crippen molar-refractivity contribution in [2.24, 2.45) is 0 Å². The first-order valence-corrected chi connectivity index (χ1v) is 13.0. The molecule has 0 aromatic heterocycles. The zero-order valence-electron chi connectivity index (χ0n) is 20.6. The van der Waals surface area contributed by atoms with Crippen molar-refractivity contribution in [1.29, 1.82) is 0 Å². The van der Waals surface area contributed by atoms with Crippen LogP contribution < -0.4 is 10.6 Å². The van der Waals surface area contributed by atoms with Crippen LogP contribution in [0.3, 0.4) is 0 Å². The van der Waals surface area contributed by atoms with Gasteiger partial charge in [-0.15, -0.1) is 11.8 Å². The van der Waals surface area contributed by atoms with Crippen LogP contribution in [0.25, 0.3) is 10.8 Å². The summed E-state index contributed by atoms with van der Waals surface area (Å²) in [5.41, 5.74) is 2.08. The number of benzene rings is 5. The predicted octanol–water partition coefficient (Wildman–Crippen LogP) is 7.47. The molecule has 1 unspecified atom stereocenters. The maximum absolute atomic E-state index is 13.5. The number of non-ortho nitro benzene ring substituents is 1. The van der Waals surface area contributed by atoms with Crippen molar-refractivity contribution in [1.82, 2.24) is 0 Å². The van der Waals surface area contributed by atoms with Crippen LogP contribution in [0.15, 0.2) is 126 Å². The fraction of sp³-hybridized carbons (Fsp3) is 0.0323. The van der Waals surface area contributed by atoms with Gasteiger partial charge in [0.25, 0.3) is 11.6 Å². The van der Waals surface area contributed by atoms with E-state index < -0.39 is 16.1 Å². The summed E-state index contributed by atoms with van der Waals surface area (Å²) in [4.78, 5) is 37.6. The second-order valence-corrected chi connectivity index (χ2v) is 9.93. The normalized spacial score (nSPS) is 11.5. The molecule has 2 N–H and O–H groups in total. The van der Waals surface area contributed by atoms with E-state index in [9.17, 15) is 19.7 Å². The van der Waals surface area contributed by atoms with Gasteiger partial charge in [-0.25, -0.2) is 0 Å². The molecule has 5 aromatic carbocycles. The van der Waals surface area contributed by atoms with Gasteiger partial charge in [-0.2, -0.15) is 0 Å². The Morgan fingerprint density at radius 3 is 2.21 bits per heavy atom. The van der Waals surface area contributed by atoms with E-state index in [0.717, 1.165) is 21.2 Å². The molecule has 1 atom stereocenters. The van der Waals surface area contributed by atoms with Crippen LogP contribution in [0.2, 0.25) is 0 Å². The molecule has 8 heteroatoms. The van der Waals surface area contributed by atoms with Crippen molar-refractivity contribution in [3.8, 4) is 0 Å². The Balaban J connectivity index is 1.36. The van der Waals surface area contributed by atoms with Crippen molar-refractivity contribution in [2.75, 3.05) is 10.6 Å². The van der Waals surface area contributed by atoms with Crippen LogP contribution in [0.4, 0.5) is 17.1 Å². The van der Waals surface area contributed by atoms with Crippen LogP contribution >= 0.6 is 11.8 Å². The highest BCUT2D eigenvalue weighted by atomic mass is 32.2. The number of thioether (sulfide) groups is 1. The van der Waals surface area contributed by atoms with Crippen LogP contribution in [0, 0.1) is 10.1 Å². The Morgan fingerprint density at radius 1 is 0.692 bits per heavy atom. The van der Waals surface area contributed by atoms with Gasteiger partial charge in [0.2, 0.25) is 5.91 Å². The van der Waals surface area contributed by atoms with Gasteiger partial charge in [-0.1, -0.05) is 72.8 Å². The average molecular weight is 534 g/mol. The molecule has 0 heterocycles. The van der Waals surface area contributed by atoms with Crippen molar-refractivity contribution in [3.63, 3.8) is 0 Å². The lowest BCUT2D eigenvalue weighted by Gasteiger charge is -2.18. The van der Waals surface area contributed by atoms with Gasteiger partial charge in [-0.3, -0.25) is 19.7 Å². The number of nitrogens with zero attached hydrogens (tertiary/aromatic N) is 1. The molecular weight excluding hydrogens is 510 g/mol. The Labute approximate surface area is 229 Å². The maximum Gasteiger partial charge on any atom is 0.270 e. The summed E-state index contributed by atoms with van der Waals surface area (Å²) >= 11 is 1.36. The molecular formula is C31H23N3O4S.